The van der Waals surface area contributed by atoms with Crippen molar-refractivity contribution in [3.05, 3.63) is 23.9 Å². The van der Waals surface area contributed by atoms with E-state index in [2.05, 4.69) is 16.0 Å². The van der Waals surface area contributed by atoms with Gasteiger partial charge in [-0.3, -0.25) is 4.90 Å². The van der Waals surface area contributed by atoms with Gasteiger partial charge in [0.05, 0.1) is 7.11 Å². The Bertz CT molecular complexity index is 356. The molecule has 4 nitrogen and oxygen atoms in total. The average molecular weight is 235 g/mol. The Hall–Kier alpha value is -1.13. The minimum absolute atomic E-state index is 0.745. The highest BCUT2D eigenvalue weighted by molar-refractivity contribution is 5.25. The van der Waals surface area contributed by atoms with E-state index in [1.165, 1.54) is 12.0 Å². The Kier molecular flexibility index (Phi) is 4.34. The minimum Gasteiger partial charge on any atom is -0.481 e. The van der Waals surface area contributed by atoms with Crippen molar-refractivity contribution < 1.29 is 4.74 Å². The molecular weight excluding hydrogens is 214 g/mol. The molecule has 1 aliphatic rings. The van der Waals surface area contributed by atoms with Crippen LogP contribution in [0.1, 0.15) is 18.4 Å². The number of likely N-dealkylation sites (tertiary alicyclic amines) is 1. The Morgan fingerprint density at radius 2 is 2.47 bits per heavy atom. The Morgan fingerprint density at radius 1 is 1.59 bits per heavy atom. The monoisotopic (exact) mass is 235 g/mol. The summed E-state index contributed by atoms with van der Waals surface area (Å²) in [6, 6.07) is 4.05. The van der Waals surface area contributed by atoms with Crippen LogP contribution < -0.4 is 10.5 Å². The van der Waals surface area contributed by atoms with Crippen molar-refractivity contribution in [3.63, 3.8) is 0 Å². The number of hydrogen-bond acceptors (Lipinski definition) is 4. The molecule has 1 aromatic heterocycles. The van der Waals surface area contributed by atoms with Gasteiger partial charge in [0.15, 0.2) is 0 Å². The molecule has 2 heterocycles. The van der Waals surface area contributed by atoms with Gasteiger partial charge in [-0.25, -0.2) is 4.98 Å². The lowest BCUT2D eigenvalue weighted by Gasteiger charge is -2.17. The van der Waals surface area contributed by atoms with E-state index in [0.29, 0.717) is 0 Å². The van der Waals surface area contributed by atoms with Crippen molar-refractivity contribution in [2.75, 3.05) is 26.7 Å². The molecule has 0 spiro atoms. The first kappa shape index (κ1) is 12.3. The van der Waals surface area contributed by atoms with E-state index in [9.17, 15) is 0 Å². The first-order valence-electron chi connectivity index (χ1n) is 6.23. The van der Waals surface area contributed by atoms with E-state index < -0.39 is 0 Å². The number of rotatable bonds is 5. The number of hydrogen-bond donors (Lipinski definition) is 1. The lowest BCUT2D eigenvalue weighted by Crippen LogP contribution is -2.21. The topological polar surface area (TPSA) is 51.4 Å². The predicted molar refractivity (Wildman–Crippen MR) is 67.8 cm³/mol. The van der Waals surface area contributed by atoms with Crippen LogP contribution in [0.25, 0.3) is 0 Å². The average Bonchev–Trinajstić information content (AvgIpc) is 2.78. The standard InChI is InChI=1S/C13H21N3O/c1-17-13-12(3-2-7-15-13)10-16-8-5-11(9-16)4-6-14/h2-3,7,11H,4-6,8-10,14H2,1H3. The molecule has 0 bridgehead atoms. The summed E-state index contributed by atoms with van der Waals surface area (Å²) in [6.07, 6.45) is 4.17. The van der Waals surface area contributed by atoms with Gasteiger partial charge in [0.2, 0.25) is 5.88 Å². The summed E-state index contributed by atoms with van der Waals surface area (Å²) in [5.41, 5.74) is 6.77. The molecule has 2 rings (SSSR count). The second-order valence-corrected chi connectivity index (χ2v) is 4.64. The number of nitrogens with two attached hydrogens (primary N) is 1. The van der Waals surface area contributed by atoms with Crippen LogP contribution in [0.4, 0.5) is 0 Å². The third kappa shape index (κ3) is 3.17. The van der Waals surface area contributed by atoms with Gasteiger partial charge in [0, 0.05) is 24.8 Å². The number of nitrogens with zero attached hydrogens (tertiary/aromatic N) is 2. The SMILES string of the molecule is COc1ncccc1CN1CCC(CCN)C1. The smallest absolute Gasteiger partial charge is 0.217 e. The molecule has 0 radical (unpaired) electrons. The molecule has 2 N–H and O–H groups in total. The fourth-order valence-corrected chi connectivity index (χ4v) is 2.50. The van der Waals surface area contributed by atoms with Crippen molar-refractivity contribution in [2.24, 2.45) is 11.7 Å². The van der Waals surface area contributed by atoms with Crippen molar-refractivity contribution in [1.29, 1.82) is 0 Å². The van der Waals surface area contributed by atoms with E-state index in [1.54, 1.807) is 13.3 Å². The molecule has 0 aliphatic carbocycles. The van der Waals surface area contributed by atoms with Crippen LogP contribution >= 0.6 is 0 Å². The van der Waals surface area contributed by atoms with Crippen LogP contribution in [0.2, 0.25) is 0 Å². The third-order valence-electron chi connectivity index (χ3n) is 3.38. The molecule has 1 fully saturated rings. The molecule has 94 valence electrons. The molecule has 17 heavy (non-hydrogen) atoms. The zero-order valence-corrected chi connectivity index (χ0v) is 10.4. The van der Waals surface area contributed by atoms with Crippen LogP contribution in [0, 0.1) is 5.92 Å². The molecule has 1 aromatic rings. The quantitative estimate of drug-likeness (QED) is 0.835. The summed E-state index contributed by atoms with van der Waals surface area (Å²) in [6.45, 7) is 4.03. The van der Waals surface area contributed by atoms with Crippen LogP contribution in [-0.4, -0.2) is 36.6 Å². The first-order valence-corrected chi connectivity index (χ1v) is 6.23. The molecule has 1 unspecified atom stereocenters. The molecule has 0 aromatic carbocycles. The summed E-state index contributed by atoms with van der Waals surface area (Å²) < 4.78 is 5.27. The summed E-state index contributed by atoms with van der Waals surface area (Å²) in [5, 5.41) is 0. The summed E-state index contributed by atoms with van der Waals surface area (Å²) in [5.74, 6) is 1.51. The summed E-state index contributed by atoms with van der Waals surface area (Å²) in [7, 11) is 1.67. The predicted octanol–water partition coefficient (Wildman–Crippen LogP) is 1.26. The Labute approximate surface area is 103 Å². The van der Waals surface area contributed by atoms with Gasteiger partial charge in [0.25, 0.3) is 0 Å². The van der Waals surface area contributed by atoms with E-state index in [4.69, 9.17) is 10.5 Å². The van der Waals surface area contributed by atoms with Gasteiger partial charge >= 0.3 is 0 Å². The molecule has 0 saturated carbocycles. The molecule has 0 amide bonds. The summed E-state index contributed by atoms with van der Waals surface area (Å²) in [4.78, 5) is 6.68. The fraction of sp³-hybridized carbons (Fsp3) is 0.615. The molecule has 1 aliphatic heterocycles. The number of methoxy groups -OCH3 is 1. The maximum atomic E-state index is 5.60. The second kappa shape index (κ2) is 5.98. The highest BCUT2D eigenvalue weighted by atomic mass is 16.5. The Balaban J connectivity index is 1.93. The molecule has 1 atom stereocenters. The van der Waals surface area contributed by atoms with E-state index >= 15 is 0 Å². The van der Waals surface area contributed by atoms with Gasteiger partial charge in [-0.2, -0.15) is 0 Å². The highest BCUT2D eigenvalue weighted by Crippen LogP contribution is 2.23. The van der Waals surface area contributed by atoms with Crippen molar-refractivity contribution >= 4 is 0 Å². The zero-order valence-electron chi connectivity index (χ0n) is 10.4. The van der Waals surface area contributed by atoms with Crippen molar-refractivity contribution in [3.8, 4) is 5.88 Å². The van der Waals surface area contributed by atoms with E-state index in [-0.39, 0.29) is 0 Å². The van der Waals surface area contributed by atoms with Gasteiger partial charge in [0.1, 0.15) is 0 Å². The lowest BCUT2D eigenvalue weighted by atomic mass is 10.1. The van der Waals surface area contributed by atoms with Crippen LogP contribution in [-0.2, 0) is 6.54 Å². The van der Waals surface area contributed by atoms with Crippen LogP contribution in [0.15, 0.2) is 18.3 Å². The highest BCUT2D eigenvalue weighted by Gasteiger charge is 2.22. The normalized spacial score (nSPS) is 20.7. The second-order valence-electron chi connectivity index (χ2n) is 4.64. The maximum Gasteiger partial charge on any atom is 0.217 e. The van der Waals surface area contributed by atoms with Gasteiger partial charge < -0.3 is 10.5 Å². The largest absolute Gasteiger partial charge is 0.481 e. The number of pyridine rings is 1. The zero-order chi connectivity index (χ0) is 12.1. The van der Waals surface area contributed by atoms with Gasteiger partial charge in [-0.1, -0.05) is 6.07 Å². The number of ether oxygens (including phenoxy) is 1. The van der Waals surface area contributed by atoms with Crippen molar-refractivity contribution in [1.82, 2.24) is 9.88 Å². The molecule has 1 saturated heterocycles. The molecular formula is C13H21N3O. The van der Waals surface area contributed by atoms with Crippen molar-refractivity contribution in [2.45, 2.75) is 19.4 Å². The fourth-order valence-electron chi connectivity index (χ4n) is 2.50. The Morgan fingerprint density at radius 3 is 3.24 bits per heavy atom. The van der Waals surface area contributed by atoms with Gasteiger partial charge in [-0.05, 0) is 37.9 Å². The number of aromatic nitrogens is 1. The van der Waals surface area contributed by atoms with E-state index in [1.807, 2.05) is 6.07 Å². The minimum atomic E-state index is 0.745. The maximum absolute atomic E-state index is 5.60. The third-order valence-corrected chi connectivity index (χ3v) is 3.38. The van der Waals surface area contributed by atoms with Crippen LogP contribution in [0.3, 0.4) is 0 Å². The summed E-state index contributed by atoms with van der Waals surface area (Å²) >= 11 is 0. The first-order chi connectivity index (χ1) is 8.33. The van der Waals surface area contributed by atoms with Gasteiger partial charge in [-0.15, -0.1) is 0 Å². The van der Waals surface area contributed by atoms with E-state index in [0.717, 1.165) is 44.4 Å². The van der Waals surface area contributed by atoms with Crippen LogP contribution in [0.5, 0.6) is 5.88 Å². The molecule has 4 heteroatoms. The lowest BCUT2D eigenvalue weighted by molar-refractivity contribution is 0.303.